The fourth-order valence-electron chi connectivity index (χ4n) is 2.49. The maximum Gasteiger partial charge on any atom is 0.337 e. The number of carbonyl (C=O) groups is 1. The number of rotatable bonds is 7. The van der Waals surface area contributed by atoms with Crippen molar-refractivity contribution in [3.8, 4) is 22.9 Å². The summed E-state index contributed by atoms with van der Waals surface area (Å²) in [6.45, 7) is 0. The molecule has 0 aliphatic heterocycles. The third-order valence-corrected chi connectivity index (χ3v) is 5.53. The maximum atomic E-state index is 12.1. The molecule has 1 amide bonds. The maximum absolute atomic E-state index is 12.1. The van der Waals surface area contributed by atoms with E-state index >= 15 is 0 Å². The minimum atomic E-state index is -0.290. The lowest BCUT2D eigenvalue weighted by Gasteiger charge is -2.04. The van der Waals surface area contributed by atoms with Crippen LogP contribution in [0.2, 0.25) is 0 Å². The van der Waals surface area contributed by atoms with Crippen LogP contribution >= 0.6 is 27.7 Å². The topological polar surface area (TPSA) is 103 Å². The molecule has 3 rings (SSSR count). The number of halogens is 1. The number of thioether (sulfide) groups is 1. The van der Waals surface area contributed by atoms with Gasteiger partial charge in [-0.3, -0.25) is 4.79 Å². The van der Waals surface area contributed by atoms with Gasteiger partial charge in [0.05, 0.1) is 36.8 Å². The Balaban J connectivity index is 1.57. The number of phenolic OH excluding ortho intramolecular Hbond substituents is 1. The molecule has 1 aromatic heterocycles. The van der Waals surface area contributed by atoms with E-state index in [-0.39, 0.29) is 17.4 Å². The zero-order chi connectivity index (χ0) is 20.8. The highest BCUT2D eigenvalue weighted by atomic mass is 79.9. The Morgan fingerprint density at radius 2 is 2.14 bits per heavy atom. The van der Waals surface area contributed by atoms with Gasteiger partial charge in [-0.1, -0.05) is 22.0 Å². The third kappa shape index (κ3) is 5.15. The number of nitrogens with zero attached hydrogens (tertiary/aromatic N) is 3. The number of aromatic amines is 1. The van der Waals surface area contributed by atoms with E-state index < -0.39 is 0 Å². The van der Waals surface area contributed by atoms with Crippen molar-refractivity contribution in [2.45, 2.75) is 5.16 Å². The summed E-state index contributed by atoms with van der Waals surface area (Å²) >= 11 is 4.70. The summed E-state index contributed by atoms with van der Waals surface area (Å²) < 4.78 is 7.92. The van der Waals surface area contributed by atoms with Crippen molar-refractivity contribution < 1.29 is 19.2 Å². The summed E-state index contributed by atoms with van der Waals surface area (Å²) in [6.07, 6.45) is 1.36. The first kappa shape index (κ1) is 20.9. The van der Waals surface area contributed by atoms with E-state index in [9.17, 15) is 9.90 Å². The highest BCUT2D eigenvalue weighted by Crippen LogP contribution is 2.27. The van der Waals surface area contributed by atoms with E-state index in [0.29, 0.717) is 16.5 Å². The lowest BCUT2D eigenvalue weighted by atomic mass is 10.2. The molecule has 0 bridgehead atoms. The molecule has 0 aliphatic carbocycles. The number of aromatic hydroxyl groups is 1. The molecule has 0 saturated carbocycles. The fraction of sp³-hybridized carbons (Fsp3) is 0.158. The number of hydrogen-bond donors (Lipinski definition) is 3. The Hall–Kier alpha value is -2.85. The van der Waals surface area contributed by atoms with Gasteiger partial charge >= 0.3 is 5.16 Å². The molecule has 0 unspecified atom stereocenters. The molecule has 3 N–H and O–H groups in total. The van der Waals surface area contributed by atoms with Crippen LogP contribution in [0.1, 0.15) is 5.56 Å². The Bertz CT molecular complexity index is 1040. The van der Waals surface area contributed by atoms with Gasteiger partial charge in [-0.25, -0.2) is 9.99 Å². The molecule has 2 aromatic carbocycles. The van der Waals surface area contributed by atoms with E-state index in [4.69, 9.17) is 4.74 Å². The number of nitrogens with one attached hydrogen (secondary N) is 2. The number of aromatic nitrogens is 3. The monoisotopic (exact) mass is 476 g/mol. The highest BCUT2D eigenvalue weighted by Gasteiger charge is 2.19. The van der Waals surface area contributed by atoms with Gasteiger partial charge in [0, 0.05) is 10.0 Å². The number of H-pyrrole nitrogens is 1. The second-order valence-corrected chi connectivity index (χ2v) is 7.76. The number of methoxy groups -OCH3 is 1. The standard InChI is InChI=1S/C19H18BrN5O3S/c1-25-18(12-6-8-14(20)9-7-12)23-24-19(25)29-11-16(26)22-21-10-13-4-3-5-15(28-2)17(13)27/h3-10H,11H2,1-2H3,(H2,21,22,26,27)/p+1. The Morgan fingerprint density at radius 3 is 2.86 bits per heavy atom. The average molecular weight is 477 g/mol. The van der Waals surface area contributed by atoms with Crippen LogP contribution in [-0.2, 0) is 11.8 Å². The molecule has 10 heteroatoms. The molecular formula is C19H19BrN5O3S+. The minimum absolute atomic E-state index is 0.0357. The lowest BCUT2D eigenvalue weighted by molar-refractivity contribution is -0.698. The smallest absolute Gasteiger partial charge is 0.337 e. The van der Waals surface area contributed by atoms with Gasteiger partial charge in [0.15, 0.2) is 11.5 Å². The Morgan fingerprint density at radius 1 is 1.38 bits per heavy atom. The van der Waals surface area contributed by atoms with Gasteiger partial charge in [0.2, 0.25) is 0 Å². The Kier molecular flexibility index (Phi) is 6.89. The number of para-hydroxylation sites is 1. The van der Waals surface area contributed by atoms with Gasteiger partial charge in [-0.2, -0.15) is 5.10 Å². The third-order valence-electron chi connectivity index (χ3n) is 3.97. The second-order valence-electron chi connectivity index (χ2n) is 5.90. The first-order valence-corrected chi connectivity index (χ1v) is 10.3. The van der Waals surface area contributed by atoms with Crippen LogP contribution in [0.25, 0.3) is 11.4 Å². The molecule has 0 aliphatic rings. The summed E-state index contributed by atoms with van der Waals surface area (Å²) in [5.74, 6) is 0.989. The van der Waals surface area contributed by atoms with Crippen molar-refractivity contribution in [2.75, 3.05) is 12.9 Å². The number of ether oxygens (including phenoxy) is 1. The minimum Gasteiger partial charge on any atom is -0.504 e. The molecule has 0 spiro atoms. The summed E-state index contributed by atoms with van der Waals surface area (Å²) in [7, 11) is 3.34. The zero-order valence-corrected chi connectivity index (χ0v) is 18.1. The largest absolute Gasteiger partial charge is 0.504 e. The summed E-state index contributed by atoms with van der Waals surface area (Å²) in [6, 6.07) is 12.9. The molecule has 0 fully saturated rings. The lowest BCUT2D eigenvalue weighted by Crippen LogP contribution is -2.32. The molecule has 8 nitrogen and oxygen atoms in total. The number of carbonyl (C=O) groups excluding carboxylic acids is 1. The number of phenols is 1. The van der Waals surface area contributed by atoms with Gasteiger partial charge < -0.3 is 9.84 Å². The molecule has 0 radical (unpaired) electrons. The Labute approximate surface area is 180 Å². The van der Waals surface area contributed by atoms with Crippen LogP contribution in [0.15, 0.2) is 57.2 Å². The van der Waals surface area contributed by atoms with Crippen LogP contribution in [0.4, 0.5) is 0 Å². The van der Waals surface area contributed by atoms with Gasteiger partial charge in [-0.05, 0) is 48.2 Å². The molecular weight excluding hydrogens is 458 g/mol. The van der Waals surface area contributed by atoms with Crippen LogP contribution < -0.4 is 14.7 Å². The number of amides is 1. The quantitative estimate of drug-likeness (QED) is 0.210. The summed E-state index contributed by atoms with van der Waals surface area (Å²) in [5.41, 5.74) is 3.86. The molecule has 3 aromatic rings. The second kappa shape index (κ2) is 9.57. The summed E-state index contributed by atoms with van der Waals surface area (Å²) in [4.78, 5) is 12.1. The van der Waals surface area contributed by atoms with E-state index in [1.54, 1.807) is 18.2 Å². The van der Waals surface area contributed by atoms with E-state index in [2.05, 4.69) is 36.7 Å². The number of hydrazone groups is 1. The van der Waals surface area contributed by atoms with Crippen LogP contribution in [-0.4, -0.2) is 40.3 Å². The molecule has 1 heterocycles. The van der Waals surface area contributed by atoms with Gasteiger partial charge in [-0.15, -0.1) is 5.10 Å². The highest BCUT2D eigenvalue weighted by molar-refractivity contribution is 9.10. The van der Waals surface area contributed by atoms with Gasteiger partial charge in [0.25, 0.3) is 11.7 Å². The van der Waals surface area contributed by atoms with Crippen molar-refractivity contribution in [2.24, 2.45) is 12.1 Å². The molecule has 150 valence electrons. The first-order chi connectivity index (χ1) is 14.0. The van der Waals surface area contributed by atoms with E-state index in [1.807, 2.05) is 35.9 Å². The number of benzene rings is 2. The SMILES string of the molecule is COc1cccc(/C=N/NC(=O)CSc2n[nH]c(-c3ccc(Br)cc3)[n+]2C)c1O. The van der Waals surface area contributed by atoms with E-state index in [1.165, 1.54) is 25.1 Å². The predicted octanol–water partition coefficient (Wildman–Crippen LogP) is 2.62. The molecule has 29 heavy (non-hydrogen) atoms. The van der Waals surface area contributed by atoms with Crippen molar-refractivity contribution in [1.29, 1.82) is 0 Å². The molecule has 0 atom stereocenters. The van der Waals surface area contributed by atoms with Crippen molar-refractivity contribution in [1.82, 2.24) is 15.6 Å². The van der Waals surface area contributed by atoms with Crippen molar-refractivity contribution in [3.63, 3.8) is 0 Å². The van der Waals surface area contributed by atoms with Crippen molar-refractivity contribution in [3.05, 3.63) is 52.5 Å². The van der Waals surface area contributed by atoms with Crippen LogP contribution in [0, 0.1) is 0 Å². The van der Waals surface area contributed by atoms with E-state index in [0.717, 1.165) is 15.9 Å². The van der Waals surface area contributed by atoms with Crippen LogP contribution in [0.5, 0.6) is 11.5 Å². The van der Waals surface area contributed by atoms with Crippen molar-refractivity contribution >= 4 is 39.8 Å². The van der Waals surface area contributed by atoms with Crippen LogP contribution in [0.3, 0.4) is 0 Å². The first-order valence-electron chi connectivity index (χ1n) is 8.50. The number of hydrogen-bond acceptors (Lipinski definition) is 6. The summed E-state index contributed by atoms with van der Waals surface area (Å²) in [5, 5.41) is 21.8. The predicted molar refractivity (Wildman–Crippen MR) is 114 cm³/mol. The average Bonchev–Trinajstić information content (AvgIpc) is 3.09. The normalized spacial score (nSPS) is 11.0. The van der Waals surface area contributed by atoms with Gasteiger partial charge in [0.1, 0.15) is 0 Å². The molecule has 0 saturated heterocycles. The zero-order valence-electron chi connectivity index (χ0n) is 15.7. The fourth-order valence-corrected chi connectivity index (χ4v) is 3.47.